The summed E-state index contributed by atoms with van der Waals surface area (Å²) in [6, 6.07) is 10.2. The molecule has 1 N–H and O–H groups in total. The highest BCUT2D eigenvalue weighted by Gasteiger charge is 2.34. The lowest BCUT2D eigenvalue weighted by Gasteiger charge is -2.33. The van der Waals surface area contributed by atoms with Gasteiger partial charge in [-0.15, -0.1) is 5.10 Å². The molecule has 0 spiro atoms. The molecule has 192 valence electrons. The Kier molecular flexibility index (Phi) is 6.52. The Hall–Kier alpha value is -3.14. The second kappa shape index (κ2) is 9.96. The van der Waals surface area contributed by atoms with Gasteiger partial charge in [-0.25, -0.2) is 14.3 Å². The van der Waals surface area contributed by atoms with Crippen LogP contribution in [-0.4, -0.2) is 34.5 Å². The number of nitrogens with zero attached hydrogens (tertiary/aromatic N) is 3. The first-order chi connectivity index (χ1) is 18.0. The fraction of sp³-hybridized carbons (Fsp3) is 0.346. The van der Waals surface area contributed by atoms with Crippen LogP contribution in [0.25, 0.3) is 22.7 Å². The van der Waals surface area contributed by atoms with Crippen molar-refractivity contribution in [3.63, 3.8) is 0 Å². The van der Waals surface area contributed by atoms with Gasteiger partial charge in [0.1, 0.15) is 17.3 Å². The predicted molar refractivity (Wildman–Crippen MR) is 136 cm³/mol. The van der Waals surface area contributed by atoms with E-state index in [4.69, 9.17) is 36.9 Å². The summed E-state index contributed by atoms with van der Waals surface area (Å²) in [5, 5.41) is 11.2. The lowest BCUT2D eigenvalue weighted by molar-refractivity contribution is 0.0246. The van der Waals surface area contributed by atoms with E-state index < -0.39 is 11.6 Å². The number of aromatic amines is 1. The van der Waals surface area contributed by atoms with E-state index in [0.717, 1.165) is 42.7 Å². The van der Waals surface area contributed by atoms with Gasteiger partial charge in [0.05, 0.1) is 28.3 Å². The first-order valence-electron chi connectivity index (χ1n) is 12.1. The smallest absolute Gasteiger partial charge is 0.388 e. The molecule has 3 heterocycles. The van der Waals surface area contributed by atoms with Gasteiger partial charge in [-0.3, -0.25) is 0 Å². The predicted octanol–water partition coefficient (Wildman–Crippen LogP) is 6.19. The SMILES string of the molecule is O=c1[nH]nc(-c2ccc(N3CCC(OCc4c(-c5c(Cl)cccc5Cl)noc4C4CC4)CC3)cc2F)o1. The maximum atomic E-state index is 14.7. The maximum absolute atomic E-state index is 14.7. The molecule has 1 aliphatic heterocycles. The first-order valence-corrected chi connectivity index (χ1v) is 12.9. The summed E-state index contributed by atoms with van der Waals surface area (Å²) in [6.45, 7) is 1.78. The highest BCUT2D eigenvalue weighted by molar-refractivity contribution is 6.39. The van der Waals surface area contributed by atoms with Gasteiger partial charge in [0.15, 0.2) is 0 Å². The van der Waals surface area contributed by atoms with Crippen molar-refractivity contribution in [1.82, 2.24) is 15.4 Å². The lowest BCUT2D eigenvalue weighted by atomic mass is 10.0. The number of rotatable bonds is 7. The van der Waals surface area contributed by atoms with Crippen LogP contribution in [-0.2, 0) is 11.3 Å². The molecule has 2 fully saturated rings. The molecule has 37 heavy (non-hydrogen) atoms. The summed E-state index contributed by atoms with van der Waals surface area (Å²) in [7, 11) is 0. The standard InChI is InChI=1S/C26H23Cl2FN4O4/c27-19-2-1-3-20(28)22(19)23-18(24(37-32-23)14-4-5-14)13-35-16-8-10-33(11-9-16)15-6-7-17(21(29)12-15)25-30-31-26(34)36-25/h1-3,6-7,12,14,16H,4-5,8-11,13H2,(H,31,34). The van der Waals surface area contributed by atoms with Gasteiger partial charge in [0.2, 0.25) is 0 Å². The molecule has 0 amide bonds. The van der Waals surface area contributed by atoms with E-state index in [9.17, 15) is 9.18 Å². The third kappa shape index (κ3) is 4.91. The van der Waals surface area contributed by atoms with Gasteiger partial charge >= 0.3 is 5.76 Å². The van der Waals surface area contributed by atoms with Crippen LogP contribution in [0.5, 0.6) is 0 Å². The van der Waals surface area contributed by atoms with Crippen molar-refractivity contribution >= 4 is 28.9 Å². The van der Waals surface area contributed by atoms with E-state index in [2.05, 4.69) is 20.3 Å². The quantitative estimate of drug-likeness (QED) is 0.296. The van der Waals surface area contributed by atoms with Crippen molar-refractivity contribution in [2.75, 3.05) is 18.0 Å². The van der Waals surface area contributed by atoms with Gasteiger partial charge in [-0.1, -0.05) is 34.4 Å². The van der Waals surface area contributed by atoms with Crippen LogP contribution in [0, 0.1) is 5.82 Å². The van der Waals surface area contributed by atoms with Crippen LogP contribution in [0.3, 0.4) is 0 Å². The molecule has 1 saturated carbocycles. The summed E-state index contributed by atoms with van der Waals surface area (Å²) in [5.41, 5.74) is 3.09. The Morgan fingerprint density at radius 1 is 1.11 bits per heavy atom. The first kappa shape index (κ1) is 24.2. The van der Waals surface area contributed by atoms with Crippen LogP contribution >= 0.6 is 23.2 Å². The number of hydrogen-bond acceptors (Lipinski definition) is 7. The molecular formula is C26H23Cl2FN4O4. The zero-order valence-electron chi connectivity index (χ0n) is 19.7. The molecule has 0 unspecified atom stereocenters. The van der Waals surface area contributed by atoms with E-state index in [-0.39, 0.29) is 17.6 Å². The zero-order valence-corrected chi connectivity index (χ0v) is 21.2. The summed E-state index contributed by atoms with van der Waals surface area (Å²) >= 11 is 12.9. The Bertz CT molecular complexity index is 1470. The van der Waals surface area contributed by atoms with Gasteiger partial charge < -0.3 is 18.6 Å². The van der Waals surface area contributed by atoms with Crippen molar-refractivity contribution in [3.05, 3.63) is 74.1 Å². The van der Waals surface area contributed by atoms with E-state index in [1.165, 1.54) is 6.07 Å². The topological polar surface area (TPSA) is 97.4 Å². The van der Waals surface area contributed by atoms with E-state index in [0.29, 0.717) is 46.9 Å². The number of anilines is 1. The molecule has 8 nitrogen and oxygen atoms in total. The van der Waals surface area contributed by atoms with Crippen molar-refractivity contribution in [2.24, 2.45) is 0 Å². The van der Waals surface area contributed by atoms with Crippen LogP contribution in [0.1, 0.15) is 42.9 Å². The number of halogens is 3. The molecule has 11 heteroatoms. The number of piperidine rings is 1. The molecule has 6 rings (SSSR count). The minimum absolute atomic E-state index is 0.0372. The van der Waals surface area contributed by atoms with E-state index >= 15 is 0 Å². The second-order valence-corrected chi connectivity index (χ2v) is 10.1. The van der Waals surface area contributed by atoms with Crippen LogP contribution in [0.15, 0.2) is 50.1 Å². The van der Waals surface area contributed by atoms with E-state index in [1.54, 1.807) is 30.3 Å². The minimum atomic E-state index is -0.724. The Labute approximate surface area is 221 Å². The van der Waals surface area contributed by atoms with Crippen molar-refractivity contribution in [1.29, 1.82) is 0 Å². The third-order valence-corrected chi connectivity index (χ3v) is 7.49. The number of H-pyrrole nitrogens is 1. The number of benzene rings is 2. The third-order valence-electron chi connectivity index (χ3n) is 6.86. The maximum Gasteiger partial charge on any atom is 0.434 e. The summed E-state index contributed by atoms with van der Waals surface area (Å²) in [5.74, 6) is -0.0880. The van der Waals surface area contributed by atoms with Crippen molar-refractivity contribution in [3.8, 4) is 22.7 Å². The summed E-state index contributed by atoms with van der Waals surface area (Å²) < 4.78 is 31.6. The minimum Gasteiger partial charge on any atom is -0.388 e. The van der Waals surface area contributed by atoms with Gasteiger partial charge in [0, 0.05) is 35.8 Å². The summed E-state index contributed by atoms with van der Waals surface area (Å²) in [4.78, 5) is 13.3. The molecule has 1 aliphatic carbocycles. The Morgan fingerprint density at radius 3 is 2.51 bits per heavy atom. The molecule has 2 aliphatic rings. The average Bonchev–Trinajstić information content (AvgIpc) is 3.52. The Balaban J connectivity index is 1.12. The molecule has 2 aromatic carbocycles. The number of ether oxygens (including phenoxy) is 1. The highest BCUT2D eigenvalue weighted by atomic mass is 35.5. The molecule has 0 bridgehead atoms. The molecular weight excluding hydrogens is 522 g/mol. The van der Waals surface area contributed by atoms with Crippen LogP contribution in [0.2, 0.25) is 10.0 Å². The normalized spacial score (nSPS) is 16.5. The molecule has 0 radical (unpaired) electrons. The zero-order chi connectivity index (χ0) is 25.5. The summed E-state index contributed by atoms with van der Waals surface area (Å²) in [6.07, 6.45) is 3.74. The van der Waals surface area contributed by atoms with Crippen LogP contribution in [0.4, 0.5) is 10.1 Å². The van der Waals surface area contributed by atoms with Crippen molar-refractivity contribution in [2.45, 2.75) is 44.3 Å². The average molecular weight is 545 g/mol. The number of aromatic nitrogens is 3. The lowest BCUT2D eigenvalue weighted by Crippen LogP contribution is -2.37. The largest absolute Gasteiger partial charge is 0.434 e. The fourth-order valence-electron chi connectivity index (χ4n) is 4.75. The molecule has 2 aromatic heterocycles. The monoisotopic (exact) mass is 544 g/mol. The molecule has 4 aromatic rings. The van der Waals surface area contributed by atoms with E-state index in [1.807, 2.05) is 0 Å². The number of nitrogens with one attached hydrogen (secondary N) is 1. The van der Waals surface area contributed by atoms with Crippen molar-refractivity contribution < 1.29 is 18.1 Å². The van der Waals surface area contributed by atoms with Gasteiger partial charge in [-0.2, -0.15) is 0 Å². The highest BCUT2D eigenvalue weighted by Crippen LogP contribution is 2.46. The second-order valence-electron chi connectivity index (χ2n) is 9.32. The van der Waals surface area contributed by atoms with Gasteiger partial charge in [-0.05, 0) is 56.0 Å². The molecule has 1 saturated heterocycles. The van der Waals surface area contributed by atoms with Gasteiger partial charge in [0.25, 0.3) is 5.89 Å². The number of hydrogen-bond donors (Lipinski definition) is 1. The van der Waals surface area contributed by atoms with Crippen LogP contribution < -0.4 is 10.7 Å². The Morgan fingerprint density at radius 2 is 1.86 bits per heavy atom. The molecule has 0 atom stereocenters. The fourth-order valence-corrected chi connectivity index (χ4v) is 5.33.